The maximum absolute atomic E-state index is 6.20. The number of aromatic nitrogens is 4. The van der Waals surface area contributed by atoms with E-state index in [0.29, 0.717) is 5.15 Å². The SMILES string of the molecule is Cc1c(Cl)nn2c(C3Cc4ccccc43)nnc2c1C. The van der Waals surface area contributed by atoms with Crippen LogP contribution in [0.15, 0.2) is 24.3 Å². The third-order valence-electron chi connectivity index (χ3n) is 4.23. The smallest absolute Gasteiger partial charge is 0.181 e. The van der Waals surface area contributed by atoms with Gasteiger partial charge in [0.15, 0.2) is 16.6 Å². The van der Waals surface area contributed by atoms with Crippen molar-refractivity contribution in [1.82, 2.24) is 19.8 Å². The van der Waals surface area contributed by atoms with Crippen LogP contribution in [0.3, 0.4) is 0 Å². The summed E-state index contributed by atoms with van der Waals surface area (Å²) in [4.78, 5) is 0. The van der Waals surface area contributed by atoms with E-state index >= 15 is 0 Å². The second kappa shape index (κ2) is 4.03. The molecule has 100 valence electrons. The molecule has 0 amide bonds. The van der Waals surface area contributed by atoms with Crippen molar-refractivity contribution in [3.8, 4) is 0 Å². The number of hydrogen-bond acceptors (Lipinski definition) is 3. The first-order chi connectivity index (χ1) is 9.66. The maximum Gasteiger partial charge on any atom is 0.181 e. The molecule has 0 bridgehead atoms. The van der Waals surface area contributed by atoms with Crippen molar-refractivity contribution in [1.29, 1.82) is 0 Å². The number of halogens is 1. The van der Waals surface area contributed by atoms with Gasteiger partial charge < -0.3 is 0 Å². The highest BCUT2D eigenvalue weighted by Gasteiger charge is 2.31. The number of nitrogens with zero attached hydrogens (tertiary/aromatic N) is 4. The Morgan fingerprint density at radius 1 is 1.15 bits per heavy atom. The van der Waals surface area contributed by atoms with Gasteiger partial charge in [-0.25, -0.2) is 0 Å². The molecule has 0 spiro atoms. The van der Waals surface area contributed by atoms with Gasteiger partial charge in [0, 0.05) is 5.56 Å². The number of aryl methyl sites for hydroxylation is 1. The minimum Gasteiger partial charge on any atom is -0.195 e. The molecule has 1 aliphatic rings. The number of benzene rings is 1. The zero-order valence-corrected chi connectivity index (χ0v) is 12.0. The first-order valence-electron chi connectivity index (χ1n) is 6.62. The molecule has 2 aromatic heterocycles. The molecule has 0 aliphatic heterocycles. The van der Waals surface area contributed by atoms with E-state index in [1.807, 2.05) is 13.8 Å². The van der Waals surface area contributed by atoms with Crippen LogP contribution in [0.1, 0.15) is 34.0 Å². The predicted molar refractivity (Wildman–Crippen MR) is 77.3 cm³/mol. The molecule has 0 radical (unpaired) electrons. The minimum absolute atomic E-state index is 0.270. The van der Waals surface area contributed by atoms with Crippen molar-refractivity contribution >= 4 is 17.2 Å². The molecule has 0 saturated heterocycles. The van der Waals surface area contributed by atoms with Gasteiger partial charge in [0.25, 0.3) is 0 Å². The molecule has 2 heterocycles. The lowest BCUT2D eigenvalue weighted by molar-refractivity contribution is 0.633. The van der Waals surface area contributed by atoms with Gasteiger partial charge in [-0.05, 0) is 37.0 Å². The first kappa shape index (κ1) is 11.9. The van der Waals surface area contributed by atoms with Crippen LogP contribution in [-0.4, -0.2) is 19.8 Å². The molecule has 1 unspecified atom stereocenters. The Labute approximate surface area is 121 Å². The van der Waals surface area contributed by atoms with Gasteiger partial charge in [-0.2, -0.15) is 9.61 Å². The molecule has 4 rings (SSSR count). The summed E-state index contributed by atoms with van der Waals surface area (Å²) in [7, 11) is 0. The van der Waals surface area contributed by atoms with Crippen LogP contribution >= 0.6 is 11.6 Å². The van der Waals surface area contributed by atoms with Crippen LogP contribution in [0.4, 0.5) is 0 Å². The van der Waals surface area contributed by atoms with E-state index in [4.69, 9.17) is 11.6 Å². The number of fused-ring (bicyclic) bond motifs is 2. The highest BCUT2D eigenvalue weighted by atomic mass is 35.5. The highest BCUT2D eigenvalue weighted by Crippen LogP contribution is 2.39. The molecule has 3 aromatic rings. The third kappa shape index (κ3) is 1.45. The monoisotopic (exact) mass is 284 g/mol. The van der Waals surface area contributed by atoms with E-state index in [-0.39, 0.29) is 5.92 Å². The average Bonchev–Trinajstić information content (AvgIpc) is 2.81. The largest absolute Gasteiger partial charge is 0.195 e. The summed E-state index contributed by atoms with van der Waals surface area (Å²) in [5.41, 5.74) is 5.50. The molecular weight excluding hydrogens is 272 g/mol. The van der Waals surface area contributed by atoms with E-state index < -0.39 is 0 Å². The summed E-state index contributed by atoms with van der Waals surface area (Å²) < 4.78 is 1.80. The first-order valence-corrected chi connectivity index (χ1v) is 7.00. The summed E-state index contributed by atoms with van der Waals surface area (Å²) in [5.74, 6) is 1.15. The van der Waals surface area contributed by atoms with Crippen LogP contribution < -0.4 is 0 Å². The van der Waals surface area contributed by atoms with E-state index in [9.17, 15) is 0 Å². The Morgan fingerprint density at radius 2 is 1.95 bits per heavy atom. The Kier molecular flexibility index (Phi) is 2.39. The van der Waals surface area contributed by atoms with Crippen molar-refractivity contribution in [3.05, 3.63) is 57.5 Å². The molecule has 0 saturated carbocycles. The van der Waals surface area contributed by atoms with E-state index in [1.165, 1.54) is 11.1 Å². The molecule has 4 nitrogen and oxygen atoms in total. The average molecular weight is 285 g/mol. The zero-order valence-electron chi connectivity index (χ0n) is 11.3. The van der Waals surface area contributed by atoms with Gasteiger partial charge in [0.2, 0.25) is 0 Å². The van der Waals surface area contributed by atoms with E-state index in [0.717, 1.165) is 29.0 Å². The normalized spacial score (nSPS) is 17.1. The van der Waals surface area contributed by atoms with E-state index in [1.54, 1.807) is 4.52 Å². The summed E-state index contributed by atoms with van der Waals surface area (Å²) >= 11 is 6.20. The van der Waals surface area contributed by atoms with Crippen LogP contribution in [0.5, 0.6) is 0 Å². The highest BCUT2D eigenvalue weighted by molar-refractivity contribution is 6.30. The van der Waals surface area contributed by atoms with Gasteiger partial charge in [0.1, 0.15) is 0 Å². The Morgan fingerprint density at radius 3 is 2.75 bits per heavy atom. The topological polar surface area (TPSA) is 43.1 Å². The number of hydrogen-bond donors (Lipinski definition) is 0. The fourth-order valence-electron chi connectivity index (χ4n) is 2.82. The van der Waals surface area contributed by atoms with Crippen LogP contribution in [0.2, 0.25) is 5.15 Å². The van der Waals surface area contributed by atoms with Crippen molar-refractivity contribution in [2.45, 2.75) is 26.2 Å². The summed E-state index contributed by atoms with van der Waals surface area (Å²) in [6, 6.07) is 8.43. The van der Waals surface area contributed by atoms with E-state index in [2.05, 4.69) is 39.6 Å². The fourth-order valence-corrected chi connectivity index (χ4v) is 3.03. The Hall–Kier alpha value is -1.94. The molecule has 1 atom stereocenters. The van der Waals surface area contributed by atoms with Gasteiger partial charge in [0.05, 0.1) is 5.92 Å². The predicted octanol–water partition coefficient (Wildman–Crippen LogP) is 3.08. The van der Waals surface area contributed by atoms with Crippen molar-refractivity contribution in [3.63, 3.8) is 0 Å². The lowest BCUT2D eigenvalue weighted by atomic mass is 9.77. The molecule has 0 fully saturated rings. The van der Waals surface area contributed by atoms with Crippen molar-refractivity contribution < 1.29 is 0 Å². The lowest BCUT2D eigenvalue weighted by Crippen LogP contribution is -2.21. The second-order valence-corrected chi connectivity index (χ2v) is 5.65. The van der Waals surface area contributed by atoms with Crippen molar-refractivity contribution in [2.75, 3.05) is 0 Å². The number of rotatable bonds is 1. The Bertz CT molecular complexity index is 837. The van der Waals surface area contributed by atoms with Crippen LogP contribution in [0.25, 0.3) is 5.65 Å². The standard InChI is InChI=1S/C15H13ClN4/c1-8-9(2)14-17-18-15(20(14)19-13(8)16)12-7-10-5-3-4-6-11(10)12/h3-6,12H,7H2,1-2H3. The maximum atomic E-state index is 6.20. The van der Waals surface area contributed by atoms with Gasteiger partial charge in [-0.15, -0.1) is 10.2 Å². The van der Waals surface area contributed by atoms with Crippen LogP contribution in [-0.2, 0) is 6.42 Å². The Balaban J connectivity index is 1.91. The van der Waals surface area contributed by atoms with Gasteiger partial charge in [-0.1, -0.05) is 35.9 Å². The minimum atomic E-state index is 0.270. The third-order valence-corrected chi connectivity index (χ3v) is 4.59. The molecule has 20 heavy (non-hydrogen) atoms. The quantitative estimate of drug-likeness (QED) is 0.690. The molecule has 1 aromatic carbocycles. The van der Waals surface area contributed by atoms with Crippen molar-refractivity contribution in [2.24, 2.45) is 0 Å². The molecule has 5 heteroatoms. The molecular formula is C15H13ClN4. The van der Waals surface area contributed by atoms with Gasteiger partial charge >= 0.3 is 0 Å². The second-order valence-electron chi connectivity index (χ2n) is 5.29. The van der Waals surface area contributed by atoms with Gasteiger partial charge in [-0.3, -0.25) is 0 Å². The summed E-state index contributed by atoms with van der Waals surface area (Å²) in [6.45, 7) is 3.96. The molecule has 0 N–H and O–H groups in total. The zero-order chi connectivity index (χ0) is 13.9. The van der Waals surface area contributed by atoms with Crippen LogP contribution in [0, 0.1) is 13.8 Å². The lowest BCUT2D eigenvalue weighted by Gasteiger charge is -2.28. The fraction of sp³-hybridized carbons (Fsp3) is 0.267. The summed E-state index contributed by atoms with van der Waals surface area (Å²) in [5, 5.41) is 13.6. The summed E-state index contributed by atoms with van der Waals surface area (Å²) in [6.07, 6.45) is 0.989. The molecule has 1 aliphatic carbocycles.